The summed E-state index contributed by atoms with van der Waals surface area (Å²) in [5.41, 5.74) is 1.85. The zero-order chi connectivity index (χ0) is 17.7. The summed E-state index contributed by atoms with van der Waals surface area (Å²) < 4.78 is 5.16. The molecule has 2 aromatic rings. The normalized spacial score (nSPS) is 10.2. The Labute approximate surface area is 149 Å². The van der Waals surface area contributed by atoms with Crippen LogP contribution in [0.3, 0.4) is 0 Å². The van der Waals surface area contributed by atoms with E-state index in [1.807, 2.05) is 0 Å². The molecule has 0 fully saturated rings. The zero-order valence-electron chi connectivity index (χ0n) is 13.2. The number of hydrogen-bond donors (Lipinski definition) is 2. The first-order chi connectivity index (χ1) is 11.4. The van der Waals surface area contributed by atoms with Gasteiger partial charge in [0.15, 0.2) is 0 Å². The number of ether oxygens (including phenoxy) is 1. The van der Waals surface area contributed by atoms with Crippen LogP contribution in [0.15, 0.2) is 36.4 Å². The van der Waals surface area contributed by atoms with E-state index >= 15 is 0 Å². The van der Waals surface area contributed by atoms with Crippen LogP contribution in [-0.4, -0.2) is 18.9 Å². The molecule has 0 aliphatic heterocycles. The Bertz CT molecular complexity index is 778. The molecule has 24 heavy (non-hydrogen) atoms. The summed E-state index contributed by atoms with van der Waals surface area (Å²) >= 11 is 12.0. The third kappa shape index (κ3) is 4.40. The van der Waals surface area contributed by atoms with Crippen molar-refractivity contribution in [1.29, 1.82) is 0 Å². The number of nitrogens with one attached hydrogen (secondary N) is 2. The summed E-state index contributed by atoms with van der Waals surface area (Å²) in [5.74, 6) is -1.20. The molecular weight excluding hydrogens is 351 g/mol. The molecule has 126 valence electrons. The number of carbonyl (C=O) groups excluding carboxylic acids is 2. The minimum Gasteiger partial charge on any atom is -0.495 e. The second kappa shape index (κ2) is 8.04. The van der Waals surface area contributed by atoms with E-state index in [0.29, 0.717) is 21.5 Å². The van der Waals surface area contributed by atoms with Gasteiger partial charge in [-0.05, 0) is 30.2 Å². The molecule has 2 amide bonds. The molecule has 0 aliphatic rings. The number of rotatable bonds is 4. The van der Waals surface area contributed by atoms with Gasteiger partial charge in [-0.15, -0.1) is 0 Å². The van der Waals surface area contributed by atoms with Crippen LogP contribution in [0.25, 0.3) is 0 Å². The van der Waals surface area contributed by atoms with Gasteiger partial charge in [-0.2, -0.15) is 0 Å². The molecule has 2 aromatic carbocycles. The number of anilines is 1. The molecule has 0 aromatic heterocycles. The number of aryl methyl sites for hydroxylation is 1. The first kappa shape index (κ1) is 18.1. The van der Waals surface area contributed by atoms with E-state index in [2.05, 4.69) is 10.6 Å². The molecule has 0 bridgehead atoms. The monoisotopic (exact) mass is 366 g/mol. The Hall–Kier alpha value is -2.24. The molecular formula is C17H16Cl2N2O3. The minimum atomic E-state index is -0.804. The van der Waals surface area contributed by atoms with Crippen molar-refractivity contribution in [1.82, 2.24) is 5.32 Å². The molecule has 0 radical (unpaired) electrons. The maximum Gasteiger partial charge on any atom is 0.313 e. The van der Waals surface area contributed by atoms with Gasteiger partial charge in [0.1, 0.15) is 5.75 Å². The van der Waals surface area contributed by atoms with Gasteiger partial charge in [-0.3, -0.25) is 9.59 Å². The van der Waals surface area contributed by atoms with Crippen molar-refractivity contribution < 1.29 is 14.3 Å². The molecule has 2 rings (SSSR count). The molecule has 0 unspecified atom stereocenters. The van der Waals surface area contributed by atoms with Gasteiger partial charge in [-0.1, -0.05) is 41.4 Å². The van der Waals surface area contributed by atoms with Crippen LogP contribution in [0.4, 0.5) is 5.69 Å². The van der Waals surface area contributed by atoms with Crippen molar-refractivity contribution in [2.45, 2.75) is 13.5 Å². The molecule has 2 N–H and O–H groups in total. The quantitative estimate of drug-likeness (QED) is 0.812. The maximum absolute atomic E-state index is 12.0. The van der Waals surface area contributed by atoms with E-state index in [1.54, 1.807) is 43.3 Å². The Morgan fingerprint density at radius 1 is 1.08 bits per heavy atom. The van der Waals surface area contributed by atoms with E-state index in [4.69, 9.17) is 27.9 Å². The number of hydrogen-bond acceptors (Lipinski definition) is 3. The van der Waals surface area contributed by atoms with Crippen LogP contribution in [0, 0.1) is 6.92 Å². The first-order valence-corrected chi connectivity index (χ1v) is 7.84. The van der Waals surface area contributed by atoms with Crippen molar-refractivity contribution in [3.63, 3.8) is 0 Å². The van der Waals surface area contributed by atoms with Gasteiger partial charge >= 0.3 is 11.8 Å². The highest BCUT2D eigenvalue weighted by atomic mass is 35.5. The van der Waals surface area contributed by atoms with Crippen molar-refractivity contribution in [2.24, 2.45) is 0 Å². The number of carbonyl (C=O) groups is 2. The molecule has 0 atom stereocenters. The van der Waals surface area contributed by atoms with Gasteiger partial charge in [0.2, 0.25) is 0 Å². The summed E-state index contributed by atoms with van der Waals surface area (Å²) in [4.78, 5) is 24.0. The second-order valence-electron chi connectivity index (χ2n) is 5.03. The van der Waals surface area contributed by atoms with Gasteiger partial charge in [-0.25, -0.2) is 0 Å². The number of benzene rings is 2. The molecule has 0 heterocycles. The van der Waals surface area contributed by atoms with Crippen molar-refractivity contribution in [3.05, 3.63) is 57.6 Å². The fourth-order valence-corrected chi connectivity index (χ4v) is 2.36. The van der Waals surface area contributed by atoms with Crippen molar-refractivity contribution >= 4 is 40.7 Å². The molecule has 0 saturated carbocycles. The Balaban J connectivity index is 2.03. The van der Waals surface area contributed by atoms with E-state index in [0.717, 1.165) is 11.1 Å². The number of methoxy groups -OCH3 is 1. The van der Waals surface area contributed by atoms with Crippen LogP contribution in [0.1, 0.15) is 11.1 Å². The number of amides is 2. The predicted octanol–water partition coefficient (Wildman–Crippen LogP) is 3.57. The highest BCUT2D eigenvalue weighted by Crippen LogP contribution is 2.30. The van der Waals surface area contributed by atoms with E-state index < -0.39 is 11.8 Å². The van der Waals surface area contributed by atoms with Crippen molar-refractivity contribution in [2.75, 3.05) is 12.4 Å². The maximum atomic E-state index is 12.0. The van der Waals surface area contributed by atoms with E-state index in [9.17, 15) is 9.59 Å². The van der Waals surface area contributed by atoms with Gasteiger partial charge in [0.05, 0.1) is 12.8 Å². The molecule has 0 spiro atoms. The molecule has 0 aliphatic carbocycles. The van der Waals surface area contributed by atoms with Gasteiger partial charge < -0.3 is 15.4 Å². The largest absolute Gasteiger partial charge is 0.495 e. The Morgan fingerprint density at radius 3 is 2.46 bits per heavy atom. The van der Waals surface area contributed by atoms with Gasteiger partial charge in [0, 0.05) is 22.7 Å². The predicted molar refractivity (Wildman–Crippen MR) is 94.7 cm³/mol. The van der Waals surface area contributed by atoms with Gasteiger partial charge in [0.25, 0.3) is 0 Å². The first-order valence-electron chi connectivity index (χ1n) is 7.09. The van der Waals surface area contributed by atoms with Crippen LogP contribution in [0.2, 0.25) is 10.0 Å². The average Bonchev–Trinajstić information content (AvgIpc) is 2.56. The lowest BCUT2D eigenvalue weighted by molar-refractivity contribution is -0.136. The van der Waals surface area contributed by atoms with E-state index in [-0.39, 0.29) is 6.54 Å². The van der Waals surface area contributed by atoms with Crippen LogP contribution in [0.5, 0.6) is 5.75 Å². The summed E-state index contributed by atoms with van der Waals surface area (Å²) in [6.45, 7) is 1.94. The van der Waals surface area contributed by atoms with E-state index in [1.165, 1.54) is 7.11 Å². The lowest BCUT2D eigenvalue weighted by atomic mass is 10.2. The Kier molecular flexibility index (Phi) is 6.06. The van der Waals surface area contributed by atoms with Crippen molar-refractivity contribution in [3.8, 4) is 5.75 Å². The minimum absolute atomic E-state index is 0.155. The molecule has 7 heteroatoms. The highest BCUT2D eigenvalue weighted by molar-refractivity contribution is 6.40. The lowest BCUT2D eigenvalue weighted by Crippen LogP contribution is -2.35. The average molecular weight is 367 g/mol. The standard InChI is InChI=1S/C17H16Cl2N2O3/c1-10-7-14(15(24-2)8-13(10)19)21-17(23)16(22)20-9-11-5-3-4-6-12(11)18/h3-8H,9H2,1-2H3,(H,20,22)(H,21,23). The van der Waals surface area contributed by atoms with Crippen LogP contribution >= 0.6 is 23.2 Å². The molecule has 0 saturated heterocycles. The molecule has 5 nitrogen and oxygen atoms in total. The third-order valence-corrected chi connectivity index (χ3v) is 4.11. The SMILES string of the molecule is COc1cc(Cl)c(C)cc1NC(=O)C(=O)NCc1ccccc1Cl. The summed E-state index contributed by atoms with van der Waals surface area (Å²) in [5, 5.41) is 6.06. The fourth-order valence-electron chi connectivity index (χ4n) is 2.01. The topological polar surface area (TPSA) is 67.4 Å². The Morgan fingerprint density at radius 2 is 1.79 bits per heavy atom. The van der Waals surface area contributed by atoms with Crippen LogP contribution < -0.4 is 15.4 Å². The fraction of sp³-hybridized carbons (Fsp3) is 0.176. The summed E-state index contributed by atoms with van der Waals surface area (Å²) in [6.07, 6.45) is 0. The smallest absolute Gasteiger partial charge is 0.313 e. The summed E-state index contributed by atoms with van der Waals surface area (Å²) in [6, 6.07) is 10.3. The third-order valence-electron chi connectivity index (χ3n) is 3.33. The summed E-state index contributed by atoms with van der Waals surface area (Å²) in [7, 11) is 1.45. The lowest BCUT2D eigenvalue weighted by Gasteiger charge is -2.12. The highest BCUT2D eigenvalue weighted by Gasteiger charge is 2.17. The second-order valence-corrected chi connectivity index (χ2v) is 5.84. The zero-order valence-corrected chi connectivity index (χ0v) is 14.7. The number of halogens is 2. The van der Waals surface area contributed by atoms with Crippen LogP contribution in [-0.2, 0) is 16.1 Å².